The molecule has 102 valence electrons. The lowest BCUT2D eigenvalue weighted by atomic mass is 10.1. The first kappa shape index (κ1) is 12.7. The molecule has 2 aromatic carbocycles. The van der Waals surface area contributed by atoms with Crippen LogP contribution >= 0.6 is 0 Å². The van der Waals surface area contributed by atoms with Gasteiger partial charge in [0, 0.05) is 6.07 Å². The Hall–Kier alpha value is -2.36. The molecule has 3 rings (SSSR count). The summed E-state index contributed by atoms with van der Waals surface area (Å²) in [6.07, 6.45) is 2.94. The maximum Gasteiger partial charge on any atom is 0.311 e. The molecule has 0 fully saturated rings. The molecule has 0 bridgehead atoms. The first-order valence-electron chi connectivity index (χ1n) is 6.68. The molecule has 0 aliphatic heterocycles. The standard InChI is InChI=1S/C16H15NO3/c1-11-4-2-7-14(8-11)20-16-10-13-6-3-5-12(13)9-15(16)17(18)19/h2,4,7-10H,3,5-6H2,1H3. The number of benzene rings is 2. The summed E-state index contributed by atoms with van der Waals surface area (Å²) in [5.74, 6) is 0.965. The van der Waals surface area contributed by atoms with Crippen LogP contribution in [-0.4, -0.2) is 4.92 Å². The summed E-state index contributed by atoms with van der Waals surface area (Å²) in [4.78, 5) is 10.8. The van der Waals surface area contributed by atoms with E-state index >= 15 is 0 Å². The molecule has 4 nitrogen and oxygen atoms in total. The van der Waals surface area contributed by atoms with Gasteiger partial charge in [0.2, 0.25) is 5.75 Å². The second-order valence-corrected chi connectivity index (χ2v) is 5.12. The summed E-state index contributed by atoms with van der Waals surface area (Å²) in [5, 5.41) is 11.2. The zero-order valence-corrected chi connectivity index (χ0v) is 11.3. The van der Waals surface area contributed by atoms with Gasteiger partial charge in [0.1, 0.15) is 5.75 Å². The minimum Gasteiger partial charge on any atom is -0.450 e. The van der Waals surface area contributed by atoms with E-state index in [0.29, 0.717) is 11.5 Å². The molecule has 0 radical (unpaired) electrons. The van der Waals surface area contributed by atoms with Crippen LogP contribution < -0.4 is 4.74 Å². The zero-order valence-electron chi connectivity index (χ0n) is 11.3. The van der Waals surface area contributed by atoms with Crippen LogP contribution in [-0.2, 0) is 12.8 Å². The summed E-state index contributed by atoms with van der Waals surface area (Å²) < 4.78 is 5.74. The smallest absolute Gasteiger partial charge is 0.311 e. The monoisotopic (exact) mass is 269 g/mol. The van der Waals surface area contributed by atoms with Gasteiger partial charge in [-0.15, -0.1) is 0 Å². The maximum atomic E-state index is 11.2. The third kappa shape index (κ3) is 2.37. The number of hydrogen-bond donors (Lipinski definition) is 0. The van der Waals surface area contributed by atoms with Crippen LogP contribution in [0, 0.1) is 17.0 Å². The molecule has 0 saturated carbocycles. The Balaban J connectivity index is 2.01. The molecule has 2 aromatic rings. The van der Waals surface area contributed by atoms with Gasteiger partial charge in [-0.1, -0.05) is 12.1 Å². The summed E-state index contributed by atoms with van der Waals surface area (Å²) in [6, 6.07) is 11.0. The largest absolute Gasteiger partial charge is 0.450 e. The third-order valence-electron chi connectivity index (χ3n) is 3.59. The topological polar surface area (TPSA) is 52.4 Å². The summed E-state index contributed by atoms with van der Waals surface area (Å²) in [5.41, 5.74) is 3.35. The van der Waals surface area contributed by atoms with E-state index in [1.54, 1.807) is 6.07 Å². The molecule has 1 aliphatic carbocycles. The quantitative estimate of drug-likeness (QED) is 0.620. The van der Waals surface area contributed by atoms with E-state index < -0.39 is 0 Å². The van der Waals surface area contributed by atoms with Crippen molar-refractivity contribution in [2.24, 2.45) is 0 Å². The fourth-order valence-corrected chi connectivity index (χ4v) is 2.62. The van der Waals surface area contributed by atoms with Crippen LogP contribution in [0.5, 0.6) is 11.5 Å². The Morgan fingerprint density at radius 3 is 2.60 bits per heavy atom. The third-order valence-corrected chi connectivity index (χ3v) is 3.59. The Morgan fingerprint density at radius 2 is 1.90 bits per heavy atom. The highest BCUT2D eigenvalue weighted by atomic mass is 16.6. The predicted molar refractivity (Wildman–Crippen MR) is 76.4 cm³/mol. The minimum atomic E-state index is -0.371. The Labute approximate surface area is 117 Å². The van der Waals surface area contributed by atoms with E-state index in [-0.39, 0.29) is 10.6 Å². The van der Waals surface area contributed by atoms with E-state index in [2.05, 4.69) is 0 Å². The molecule has 0 spiro atoms. The van der Waals surface area contributed by atoms with Crippen molar-refractivity contribution in [3.8, 4) is 11.5 Å². The number of hydrogen-bond acceptors (Lipinski definition) is 3. The van der Waals surface area contributed by atoms with Crippen LogP contribution in [0.3, 0.4) is 0 Å². The molecular weight excluding hydrogens is 254 g/mol. The molecule has 0 unspecified atom stereocenters. The summed E-state index contributed by atoms with van der Waals surface area (Å²) in [6.45, 7) is 1.96. The van der Waals surface area contributed by atoms with E-state index in [0.717, 1.165) is 30.4 Å². The lowest BCUT2D eigenvalue weighted by molar-refractivity contribution is -0.385. The van der Waals surface area contributed by atoms with Gasteiger partial charge in [-0.05, 0) is 61.1 Å². The number of rotatable bonds is 3. The molecule has 0 amide bonds. The van der Waals surface area contributed by atoms with Crippen LogP contribution in [0.1, 0.15) is 23.1 Å². The average molecular weight is 269 g/mol. The first-order valence-corrected chi connectivity index (χ1v) is 6.68. The van der Waals surface area contributed by atoms with E-state index in [4.69, 9.17) is 4.74 Å². The second kappa shape index (κ2) is 4.96. The molecule has 1 aliphatic rings. The van der Waals surface area contributed by atoms with Crippen LogP contribution in [0.15, 0.2) is 36.4 Å². The van der Waals surface area contributed by atoms with Crippen molar-refractivity contribution in [3.63, 3.8) is 0 Å². The van der Waals surface area contributed by atoms with Crippen molar-refractivity contribution < 1.29 is 9.66 Å². The van der Waals surface area contributed by atoms with Crippen molar-refractivity contribution in [2.75, 3.05) is 0 Å². The van der Waals surface area contributed by atoms with E-state index in [1.807, 2.05) is 37.3 Å². The summed E-state index contributed by atoms with van der Waals surface area (Å²) >= 11 is 0. The fraction of sp³-hybridized carbons (Fsp3) is 0.250. The van der Waals surface area contributed by atoms with Crippen molar-refractivity contribution in [1.82, 2.24) is 0 Å². The predicted octanol–water partition coefficient (Wildman–Crippen LogP) is 4.18. The van der Waals surface area contributed by atoms with Gasteiger partial charge in [-0.3, -0.25) is 10.1 Å². The number of nitro groups is 1. The van der Waals surface area contributed by atoms with E-state index in [9.17, 15) is 10.1 Å². The Bertz CT molecular complexity index is 679. The van der Waals surface area contributed by atoms with Crippen LogP contribution in [0.2, 0.25) is 0 Å². The zero-order chi connectivity index (χ0) is 14.1. The van der Waals surface area contributed by atoms with Crippen LogP contribution in [0.25, 0.3) is 0 Å². The van der Waals surface area contributed by atoms with E-state index in [1.165, 1.54) is 5.56 Å². The first-order chi connectivity index (χ1) is 9.63. The lowest BCUT2D eigenvalue weighted by Gasteiger charge is -2.09. The van der Waals surface area contributed by atoms with Crippen molar-refractivity contribution in [1.29, 1.82) is 0 Å². The number of nitro benzene ring substituents is 1. The van der Waals surface area contributed by atoms with Gasteiger partial charge in [-0.2, -0.15) is 0 Å². The molecule has 20 heavy (non-hydrogen) atoms. The maximum absolute atomic E-state index is 11.2. The number of ether oxygens (including phenoxy) is 1. The van der Waals surface area contributed by atoms with Gasteiger partial charge in [0.05, 0.1) is 4.92 Å². The fourth-order valence-electron chi connectivity index (χ4n) is 2.62. The molecule has 0 aromatic heterocycles. The molecule has 0 atom stereocenters. The molecule has 0 N–H and O–H groups in total. The van der Waals surface area contributed by atoms with Crippen molar-refractivity contribution in [3.05, 3.63) is 63.2 Å². The van der Waals surface area contributed by atoms with Crippen molar-refractivity contribution in [2.45, 2.75) is 26.2 Å². The van der Waals surface area contributed by atoms with Gasteiger partial charge in [-0.25, -0.2) is 0 Å². The normalized spacial score (nSPS) is 13.1. The highest BCUT2D eigenvalue weighted by Gasteiger charge is 2.22. The van der Waals surface area contributed by atoms with Crippen molar-refractivity contribution >= 4 is 5.69 Å². The van der Waals surface area contributed by atoms with Gasteiger partial charge >= 0.3 is 5.69 Å². The number of aryl methyl sites for hydroxylation is 3. The van der Waals surface area contributed by atoms with Gasteiger partial charge in [0.25, 0.3) is 0 Å². The minimum absolute atomic E-state index is 0.0483. The number of nitrogens with zero attached hydrogens (tertiary/aromatic N) is 1. The molecule has 0 heterocycles. The Morgan fingerprint density at radius 1 is 1.15 bits per heavy atom. The molecule has 4 heteroatoms. The lowest BCUT2D eigenvalue weighted by Crippen LogP contribution is -1.96. The van der Waals surface area contributed by atoms with Gasteiger partial charge in [0.15, 0.2) is 0 Å². The molecule has 0 saturated heterocycles. The Kier molecular flexibility index (Phi) is 3.14. The van der Waals surface area contributed by atoms with Crippen LogP contribution in [0.4, 0.5) is 5.69 Å². The van der Waals surface area contributed by atoms with Gasteiger partial charge < -0.3 is 4.74 Å². The average Bonchev–Trinajstić information content (AvgIpc) is 2.84. The second-order valence-electron chi connectivity index (χ2n) is 5.12. The highest BCUT2D eigenvalue weighted by Crippen LogP contribution is 2.37. The highest BCUT2D eigenvalue weighted by molar-refractivity contribution is 5.55. The number of fused-ring (bicyclic) bond motifs is 1. The summed E-state index contributed by atoms with van der Waals surface area (Å²) in [7, 11) is 0. The molecular formula is C16H15NO3. The SMILES string of the molecule is Cc1cccc(Oc2cc3c(cc2[N+](=O)[O-])CCC3)c1.